The molecule has 0 atom stereocenters. The van der Waals surface area contributed by atoms with E-state index in [2.05, 4.69) is 6.92 Å². The molecule has 0 radical (unpaired) electrons. The Bertz CT molecular complexity index is 321. The van der Waals surface area contributed by atoms with Gasteiger partial charge in [-0.05, 0) is 30.0 Å². The van der Waals surface area contributed by atoms with Crippen molar-refractivity contribution in [2.75, 3.05) is 20.8 Å². The van der Waals surface area contributed by atoms with Crippen LogP contribution in [0.4, 0.5) is 0 Å². The lowest BCUT2D eigenvalue weighted by Crippen LogP contribution is -2.01. The van der Waals surface area contributed by atoms with Crippen LogP contribution in [-0.4, -0.2) is 25.9 Å². The van der Waals surface area contributed by atoms with E-state index < -0.39 is 0 Å². The molecule has 0 heterocycles. The second kappa shape index (κ2) is 5.61. The summed E-state index contributed by atoms with van der Waals surface area (Å²) in [5, 5.41) is 8.99. The molecule has 3 heteroatoms. The van der Waals surface area contributed by atoms with Crippen LogP contribution < -0.4 is 9.47 Å². The van der Waals surface area contributed by atoms with Crippen molar-refractivity contribution in [1.82, 2.24) is 0 Å². The monoisotopic (exact) mass is 210 g/mol. The predicted octanol–water partition coefficient (Wildman–Crippen LogP) is 1.80. The van der Waals surface area contributed by atoms with Crippen molar-refractivity contribution in [3.8, 4) is 11.5 Å². The lowest BCUT2D eigenvalue weighted by molar-refractivity contribution is 0.298. The number of methoxy groups -OCH3 is 2. The number of hydrogen-bond acceptors (Lipinski definition) is 3. The van der Waals surface area contributed by atoms with Crippen molar-refractivity contribution in [3.05, 3.63) is 23.3 Å². The van der Waals surface area contributed by atoms with E-state index in [9.17, 15) is 0 Å². The third-order valence-corrected chi connectivity index (χ3v) is 2.47. The molecule has 3 nitrogen and oxygen atoms in total. The SMILES string of the molecule is CCc1c(CCO)cc(OC)cc1OC. The Morgan fingerprint density at radius 3 is 2.40 bits per heavy atom. The molecule has 0 spiro atoms. The molecule has 0 bridgehead atoms. The van der Waals surface area contributed by atoms with Crippen LogP contribution >= 0.6 is 0 Å². The molecule has 84 valence electrons. The Hall–Kier alpha value is -1.22. The fourth-order valence-electron chi connectivity index (χ4n) is 1.72. The van der Waals surface area contributed by atoms with Gasteiger partial charge in [0.15, 0.2) is 0 Å². The summed E-state index contributed by atoms with van der Waals surface area (Å²) in [6.07, 6.45) is 1.53. The van der Waals surface area contributed by atoms with Crippen LogP contribution in [0.3, 0.4) is 0 Å². The molecule has 1 aromatic rings. The van der Waals surface area contributed by atoms with Crippen molar-refractivity contribution < 1.29 is 14.6 Å². The molecule has 0 aliphatic heterocycles. The molecule has 1 N–H and O–H groups in total. The van der Waals surface area contributed by atoms with Gasteiger partial charge in [-0.2, -0.15) is 0 Å². The fraction of sp³-hybridized carbons (Fsp3) is 0.500. The van der Waals surface area contributed by atoms with E-state index in [0.29, 0.717) is 6.42 Å². The second-order valence-electron chi connectivity index (χ2n) is 3.29. The average Bonchev–Trinajstić information content (AvgIpc) is 2.28. The Labute approximate surface area is 90.6 Å². The first-order valence-electron chi connectivity index (χ1n) is 5.11. The maximum absolute atomic E-state index is 8.99. The normalized spacial score (nSPS) is 10.1. The van der Waals surface area contributed by atoms with Gasteiger partial charge in [0.1, 0.15) is 11.5 Å². The van der Waals surface area contributed by atoms with Gasteiger partial charge in [-0.25, -0.2) is 0 Å². The first-order valence-corrected chi connectivity index (χ1v) is 5.11. The molecule has 0 aromatic heterocycles. The van der Waals surface area contributed by atoms with Gasteiger partial charge in [0, 0.05) is 12.7 Å². The number of benzene rings is 1. The summed E-state index contributed by atoms with van der Waals surface area (Å²) >= 11 is 0. The summed E-state index contributed by atoms with van der Waals surface area (Å²) in [6, 6.07) is 3.83. The number of hydrogen-bond donors (Lipinski definition) is 1. The van der Waals surface area contributed by atoms with Crippen molar-refractivity contribution in [2.24, 2.45) is 0 Å². The minimum atomic E-state index is 0.142. The molecular weight excluding hydrogens is 192 g/mol. The molecule has 15 heavy (non-hydrogen) atoms. The smallest absolute Gasteiger partial charge is 0.126 e. The van der Waals surface area contributed by atoms with E-state index in [4.69, 9.17) is 14.6 Å². The third kappa shape index (κ3) is 2.63. The van der Waals surface area contributed by atoms with Crippen LogP contribution in [0, 0.1) is 0 Å². The topological polar surface area (TPSA) is 38.7 Å². The zero-order valence-corrected chi connectivity index (χ0v) is 9.54. The largest absolute Gasteiger partial charge is 0.497 e. The highest BCUT2D eigenvalue weighted by atomic mass is 16.5. The first-order chi connectivity index (χ1) is 7.26. The number of aliphatic hydroxyl groups is 1. The number of ether oxygens (including phenoxy) is 2. The summed E-state index contributed by atoms with van der Waals surface area (Å²) in [5.41, 5.74) is 2.24. The zero-order valence-electron chi connectivity index (χ0n) is 9.54. The Balaban J connectivity index is 3.19. The summed E-state index contributed by atoms with van der Waals surface area (Å²) in [5.74, 6) is 1.60. The highest BCUT2D eigenvalue weighted by Gasteiger charge is 2.09. The number of rotatable bonds is 5. The van der Waals surface area contributed by atoms with Crippen LogP contribution in [0.25, 0.3) is 0 Å². The fourth-order valence-corrected chi connectivity index (χ4v) is 1.72. The highest BCUT2D eigenvalue weighted by molar-refractivity contribution is 5.46. The van der Waals surface area contributed by atoms with Crippen LogP contribution in [0.1, 0.15) is 18.1 Å². The van der Waals surface area contributed by atoms with E-state index in [-0.39, 0.29) is 6.61 Å². The van der Waals surface area contributed by atoms with E-state index >= 15 is 0 Å². The molecule has 0 saturated heterocycles. The van der Waals surface area contributed by atoms with E-state index in [0.717, 1.165) is 29.0 Å². The second-order valence-corrected chi connectivity index (χ2v) is 3.29. The average molecular weight is 210 g/mol. The van der Waals surface area contributed by atoms with E-state index in [1.807, 2.05) is 12.1 Å². The van der Waals surface area contributed by atoms with Gasteiger partial charge in [-0.15, -0.1) is 0 Å². The predicted molar refractivity (Wildman–Crippen MR) is 59.7 cm³/mol. The molecular formula is C12H18O3. The van der Waals surface area contributed by atoms with Crippen LogP contribution in [0.2, 0.25) is 0 Å². The Kier molecular flexibility index (Phi) is 4.43. The maximum atomic E-state index is 8.99. The first kappa shape index (κ1) is 11.9. The molecule has 0 aliphatic carbocycles. The molecule has 0 aliphatic rings. The minimum Gasteiger partial charge on any atom is -0.497 e. The van der Waals surface area contributed by atoms with Crippen LogP contribution in [-0.2, 0) is 12.8 Å². The van der Waals surface area contributed by atoms with Gasteiger partial charge < -0.3 is 14.6 Å². The van der Waals surface area contributed by atoms with Gasteiger partial charge in [-0.3, -0.25) is 0 Å². The molecule has 1 rings (SSSR count). The zero-order chi connectivity index (χ0) is 11.3. The quantitative estimate of drug-likeness (QED) is 0.805. The van der Waals surface area contributed by atoms with Crippen molar-refractivity contribution in [3.63, 3.8) is 0 Å². The molecule has 0 fully saturated rings. The molecule has 0 unspecified atom stereocenters. The highest BCUT2D eigenvalue weighted by Crippen LogP contribution is 2.29. The summed E-state index contributed by atoms with van der Waals surface area (Å²) in [4.78, 5) is 0. The van der Waals surface area contributed by atoms with Gasteiger partial charge >= 0.3 is 0 Å². The van der Waals surface area contributed by atoms with E-state index in [1.54, 1.807) is 14.2 Å². The summed E-state index contributed by atoms with van der Waals surface area (Å²) in [7, 11) is 3.28. The van der Waals surface area contributed by atoms with Gasteiger partial charge in [0.2, 0.25) is 0 Å². The standard InChI is InChI=1S/C12H18O3/c1-4-11-9(5-6-13)7-10(14-2)8-12(11)15-3/h7-8,13H,4-6H2,1-3H3. The van der Waals surface area contributed by atoms with Crippen molar-refractivity contribution in [2.45, 2.75) is 19.8 Å². The Morgan fingerprint density at radius 1 is 1.20 bits per heavy atom. The lowest BCUT2D eigenvalue weighted by Gasteiger charge is -2.14. The summed E-state index contributed by atoms with van der Waals surface area (Å²) in [6.45, 7) is 2.22. The maximum Gasteiger partial charge on any atom is 0.126 e. The molecule has 0 amide bonds. The van der Waals surface area contributed by atoms with Gasteiger partial charge in [0.05, 0.1) is 14.2 Å². The lowest BCUT2D eigenvalue weighted by atomic mass is 10.0. The van der Waals surface area contributed by atoms with Gasteiger partial charge in [0.25, 0.3) is 0 Å². The van der Waals surface area contributed by atoms with Gasteiger partial charge in [-0.1, -0.05) is 6.92 Å². The molecule has 0 saturated carbocycles. The van der Waals surface area contributed by atoms with Crippen LogP contribution in [0.15, 0.2) is 12.1 Å². The van der Waals surface area contributed by atoms with Crippen LogP contribution in [0.5, 0.6) is 11.5 Å². The Morgan fingerprint density at radius 2 is 1.93 bits per heavy atom. The van der Waals surface area contributed by atoms with E-state index in [1.165, 1.54) is 0 Å². The van der Waals surface area contributed by atoms with Crippen molar-refractivity contribution >= 4 is 0 Å². The minimum absolute atomic E-state index is 0.142. The molecule has 1 aromatic carbocycles. The van der Waals surface area contributed by atoms with Crippen molar-refractivity contribution in [1.29, 1.82) is 0 Å². The third-order valence-electron chi connectivity index (χ3n) is 2.47. The summed E-state index contributed by atoms with van der Waals surface area (Å²) < 4.78 is 10.5. The number of aliphatic hydroxyl groups excluding tert-OH is 1.